The number of benzene rings is 1. The van der Waals surface area contributed by atoms with Crippen LogP contribution in [0.4, 0.5) is 14.5 Å². The zero-order valence-corrected chi connectivity index (χ0v) is 12.0. The van der Waals surface area contributed by atoms with Crippen LogP contribution in [0, 0.1) is 11.6 Å². The second kappa shape index (κ2) is 5.26. The van der Waals surface area contributed by atoms with Crippen molar-refractivity contribution < 1.29 is 13.6 Å². The molecule has 2 heterocycles. The summed E-state index contributed by atoms with van der Waals surface area (Å²) in [7, 11) is 0. The van der Waals surface area contributed by atoms with Crippen molar-refractivity contribution in [3.8, 4) is 0 Å². The third-order valence-electron chi connectivity index (χ3n) is 4.49. The number of rotatable bonds is 1. The van der Waals surface area contributed by atoms with Gasteiger partial charge in [-0.05, 0) is 38.4 Å². The topological polar surface area (TPSA) is 49.6 Å². The molecule has 0 bridgehead atoms. The molecule has 2 atom stereocenters. The molecule has 0 saturated carbocycles. The van der Waals surface area contributed by atoms with E-state index in [0.29, 0.717) is 12.6 Å². The summed E-state index contributed by atoms with van der Waals surface area (Å²) in [6, 6.07) is 2.14. The molecule has 1 amide bonds. The lowest BCUT2D eigenvalue weighted by molar-refractivity contribution is 0.0391. The van der Waals surface area contributed by atoms with E-state index in [1.165, 1.54) is 0 Å². The highest BCUT2D eigenvalue weighted by Crippen LogP contribution is 2.27. The highest BCUT2D eigenvalue weighted by Gasteiger charge is 2.37. The molecular formula is C15H19F2N3O. The van der Waals surface area contributed by atoms with Gasteiger partial charge in [-0.15, -0.1) is 0 Å². The van der Waals surface area contributed by atoms with Gasteiger partial charge in [0.2, 0.25) is 0 Å². The van der Waals surface area contributed by atoms with Gasteiger partial charge in [-0.3, -0.25) is 9.69 Å². The lowest BCUT2D eigenvalue weighted by atomic mass is 10.1. The standard InChI is InChI=1S/C15H19F2N3O/c1-9-7-19-4-2-3-11(19)8-20(9)15(21)12-5-10(16)6-13(18)14(12)17/h5-6,9,11H,2-4,7-8,18H2,1H3. The van der Waals surface area contributed by atoms with Crippen molar-refractivity contribution in [3.05, 3.63) is 29.3 Å². The molecule has 21 heavy (non-hydrogen) atoms. The molecule has 2 saturated heterocycles. The fraction of sp³-hybridized carbons (Fsp3) is 0.533. The first-order valence-electron chi connectivity index (χ1n) is 7.27. The van der Waals surface area contributed by atoms with Gasteiger partial charge in [0.1, 0.15) is 5.82 Å². The van der Waals surface area contributed by atoms with E-state index in [-0.39, 0.29) is 17.3 Å². The van der Waals surface area contributed by atoms with Gasteiger partial charge in [0.15, 0.2) is 5.82 Å². The molecule has 6 heteroatoms. The van der Waals surface area contributed by atoms with E-state index < -0.39 is 17.5 Å². The monoisotopic (exact) mass is 295 g/mol. The molecule has 2 fully saturated rings. The molecule has 1 aromatic carbocycles. The Morgan fingerprint density at radius 3 is 2.86 bits per heavy atom. The maximum absolute atomic E-state index is 14.0. The largest absolute Gasteiger partial charge is 0.396 e. The lowest BCUT2D eigenvalue weighted by Crippen LogP contribution is -2.56. The Labute approximate surface area is 122 Å². The highest BCUT2D eigenvalue weighted by atomic mass is 19.1. The van der Waals surface area contributed by atoms with Crippen LogP contribution in [0.2, 0.25) is 0 Å². The minimum atomic E-state index is -0.831. The van der Waals surface area contributed by atoms with E-state index in [9.17, 15) is 13.6 Å². The summed E-state index contributed by atoms with van der Waals surface area (Å²) in [6.07, 6.45) is 2.17. The maximum Gasteiger partial charge on any atom is 0.257 e. The molecule has 3 rings (SSSR count). The van der Waals surface area contributed by atoms with Crippen molar-refractivity contribution in [2.45, 2.75) is 31.8 Å². The molecular weight excluding hydrogens is 276 g/mol. The van der Waals surface area contributed by atoms with E-state index in [1.807, 2.05) is 6.92 Å². The van der Waals surface area contributed by atoms with E-state index in [0.717, 1.165) is 38.1 Å². The molecule has 114 valence electrons. The van der Waals surface area contributed by atoms with Crippen molar-refractivity contribution in [2.75, 3.05) is 25.4 Å². The molecule has 2 aliphatic rings. The van der Waals surface area contributed by atoms with E-state index >= 15 is 0 Å². The van der Waals surface area contributed by atoms with Gasteiger partial charge in [0.25, 0.3) is 5.91 Å². The van der Waals surface area contributed by atoms with E-state index in [4.69, 9.17) is 5.73 Å². The normalized spacial score (nSPS) is 26.0. The second-order valence-corrected chi connectivity index (χ2v) is 5.95. The Morgan fingerprint density at radius 2 is 2.10 bits per heavy atom. The third kappa shape index (κ3) is 2.48. The van der Waals surface area contributed by atoms with E-state index in [1.54, 1.807) is 4.90 Å². The predicted octanol–water partition coefficient (Wildman–Crippen LogP) is 1.86. The number of amides is 1. The minimum Gasteiger partial charge on any atom is -0.396 e. The van der Waals surface area contributed by atoms with Crippen LogP contribution in [-0.4, -0.2) is 47.4 Å². The number of fused-ring (bicyclic) bond motifs is 1. The van der Waals surface area contributed by atoms with Crippen LogP contribution >= 0.6 is 0 Å². The van der Waals surface area contributed by atoms with Gasteiger partial charge in [-0.2, -0.15) is 0 Å². The molecule has 1 aromatic rings. The molecule has 0 aromatic heterocycles. The smallest absolute Gasteiger partial charge is 0.257 e. The Balaban J connectivity index is 1.88. The zero-order chi connectivity index (χ0) is 15.1. The maximum atomic E-state index is 14.0. The Kier molecular flexibility index (Phi) is 3.57. The number of piperazine rings is 1. The summed E-state index contributed by atoms with van der Waals surface area (Å²) >= 11 is 0. The van der Waals surface area contributed by atoms with Crippen molar-refractivity contribution in [3.63, 3.8) is 0 Å². The lowest BCUT2D eigenvalue weighted by Gasteiger charge is -2.42. The number of hydrogen-bond donors (Lipinski definition) is 1. The van der Waals surface area contributed by atoms with Crippen molar-refractivity contribution >= 4 is 11.6 Å². The average Bonchev–Trinajstić information content (AvgIpc) is 2.88. The van der Waals surface area contributed by atoms with Crippen molar-refractivity contribution in [1.82, 2.24) is 9.80 Å². The van der Waals surface area contributed by atoms with Crippen LogP contribution in [-0.2, 0) is 0 Å². The van der Waals surface area contributed by atoms with Crippen LogP contribution in [0.1, 0.15) is 30.1 Å². The molecule has 0 aliphatic carbocycles. The summed E-state index contributed by atoms with van der Waals surface area (Å²) in [6.45, 7) is 4.34. The number of carbonyl (C=O) groups is 1. The minimum absolute atomic E-state index is 0.0178. The first-order chi connectivity index (χ1) is 9.97. The van der Waals surface area contributed by atoms with Gasteiger partial charge in [-0.1, -0.05) is 0 Å². The predicted molar refractivity (Wildman–Crippen MR) is 75.9 cm³/mol. The van der Waals surface area contributed by atoms with Gasteiger partial charge in [0.05, 0.1) is 11.3 Å². The fourth-order valence-corrected chi connectivity index (χ4v) is 3.39. The highest BCUT2D eigenvalue weighted by molar-refractivity contribution is 5.95. The number of nitrogen functional groups attached to an aromatic ring is 1. The van der Waals surface area contributed by atoms with Gasteiger partial charge in [-0.25, -0.2) is 8.78 Å². The van der Waals surface area contributed by atoms with Gasteiger partial charge < -0.3 is 10.6 Å². The van der Waals surface area contributed by atoms with Crippen LogP contribution in [0.5, 0.6) is 0 Å². The first kappa shape index (κ1) is 14.3. The molecule has 0 spiro atoms. The Morgan fingerprint density at radius 1 is 1.33 bits per heavy atom. The first-order valence-corrected chi connectivity index (χ1v) is 7.27. The number of halogens is 2. The summed E-state index contributed by atoms with van der Waals surface area (Å²) < 4.78 is 27.5. The van der Waals surface area contributed by atoms with Crippen LogP contribution < -0.4 is 5.73 Å². The third-order valence-corrected chi connectivity index (χ3v) is 4.49. The van der Waals surface area contributed by atoms with Crippen LogP contribution in [0.3, 0.4) is 0 Å². The number of nitrogens with two attached hydrogens (primary N) is 1. The fourth-order valence-electron chi connectivity index (χ4n) is 3.39. The SMILES string of the molecule is CC1CN2CCCC2CN1C(=O)c1cc(F)cc(N)c1F. The van der Waals surface area contributed by atoms with E-state index in [2.05, 4.69) is 4.90 Å². The molecule has 4 nitrogen and oxygen atoms in total. The number of hydrogen-bond acceptors (Lipinski definition) is 3. The van der Waals surface area contributed by atoms with Crippen LogP contribution in [0.15, 0.2) is 12.1 Å². The van der Waals surface area contributed by atoms with Crippen molar-refractivity contribution in [1.29, 1.82) is 0 Å². The Hall–Kier alpha value is -1.69. The summed E-state index contributed by atoms with van der Waals surface area (Å²) in [5.41, 5.74) is 4.81. The number of nitrogens with zero attached hydrogens (tertiary/aromatic N) is 2. The molecule has 2 N–H and O–H groups in total. The summed E-state index contributed by atoms with van der Waals surface area (Å²) in [5, 5.41) is 0. The molecule has 0 radical (unpaired) electrons. The van der Waals surface area contributed by atoms with Crippen LogP contribution in [0.25, 0.3) is 0 Å². The number of anilines is 1. The quantitative estimate of drug-likeness (QED) is 0.805. The van der Waals surface area contributed by atoms with Gasteiger partial charge in [0, 0.05) is 25.2 Å². The second-order valence-electron chi connectivity index (χ2n) is 5.95. The summed E-state index contributed by atoms with van der Waals surface area (Å²) in [4.78, 5) is 16.6. The molecule has 2 aliphatic heterocycles. The molecule has 2 unspecified atom stereocenters. The Bertz CT molecular complexity index is 578. The van der Waals surface area contributed by atoms with Crippen molar-refractivity contribution in [2.24, 2.45) is 0 Å². The average molecular weight is 295 g/mol. The summed E-state index contributed by atoms with van der Waals surface area (Å²) in [5.74, 6) is -2.00. The number of carbonyl (C=O) groups excluding carboxylic acids is 1. The zero-order valence-electron chi connectivity index (χ0n) is 12.0. The van der Waals surface area contributed by atoms with Gasteiger partial charge >= 0.3 is 0 Å².